The average molecular weight is 281 g/mol. The lowest BCUT2D eigenvalue weighted by Crippen LogP contribution is -2.24. The second-order valence-corrected chi connectivity index (χ2v) is 4.05. The summed E-state index contributed by atoms with van der Waals surface area (Å²) in [6, 6.07) is 4.91. The molecule has 2 N–H and O–H groups in total. The number of rotatable bonds is 8. The molecule has 6 heteroatoms. The molecule has 1 aromatic carbocycles. The number of hydrogen-bond donors (Lipinski definition) is 2. The van der Waals surface area contributed by atoms with Crippen LogP contribution in [0.1, 0.15) is 30.1 Å². The van der Waals surface area contributed by atoms with Crippen LogP contribution < -0.4 is 14.8 Å². The summed E-state index contributed by atoms with van der Waals surface area (Å²) >= 11 is 0. The molecule has 110 valence electrons. The molecular formula is C14H19NO5. The summed E-state index contributed by atoms with van der Waals surface area (Å²) in [6.07, 6.45) is 0.433. The monoisotopic (exact) mass is 281 g/mol. The fourth-order valence-electron chi connectivity index (χ4n) is 1.63. The maximum atomic E-state index is 11.9. The van der Waals surface area contributed by atoms with E-state index in [9.17, 15) is 9.59 Å². The Labute approximate surface area is 117 Å². The maximum absolute atomic E-state index is 11.9. The first-order chi connectivity index (χ1) is 9.58. The molecule has 0 fully saturated rings. The zero-order valence-electron chi connectivity index (χ0n) is 11.6. The molecule has 0 atom stereocenters. The van der Waals surface area contributed by atoms with E-state index in [1.54, 1.807) is 18.2 Å². The first-order valence-electron chi connectivity index (χ1n) is 6.39. The summed E-state index contributed by atoms with van der Waals surface area (Å²) in [5, 5.41) is 11.2. The van der Waals surface area contributed by atoms with Crippen LogP contribution in [0.25, 0.3) is 0 Å². The smallest absolute Gasteiger partial charge is 0.303 e. The molecule has 0 bridgehead atoms. The van der Waals surface area contributed by atoms with Crippen LogP contribution in [0.15, 0.2) is 18.2 Å². The van der Waals surface area contributed by atoms with E-state index in [4.69, 9.17) is 14.6 Å². The molecule has 0 radical (unpaired) electrons. The molecule has 1 rings (SSSR count). The van der Waals surface area contributed by atoms with Gasteiger partial charge in [-0.25, -0.2) is 0 Å². The van der Waals surface area contributed by atoms with Crippen LogP contribution in [0.4, 0.5) is 0 Å². The van der Waals surface area contributed by atoms with E-state index in [1.807, 2.05) is 6.92 Å². The number of hydrogen-bond acceptors (Lipinski definition) is 4. The van der Waals surface area contributed by atoms with Crippen LogP contribution in [0.5, 0.6) is 11.5 Å². The van der Waals surface area contributed by atoms with Gasteiger partial charge in [0, 0.05) is 18.5 Å². The topological polar surface area (TPSA) is 84.9 Å². The van der Waals surface area contributed by atoms with Crippen molar-refractivity contribution in [3.8, 4) is 11.5 Å². The third-order valence-corrected chi connectivity index (χ3v) is 2.58. The van der Waals surface area contributed by atoms with Crippen molar-refractivity contribution < 1.29 is 24.2 Å². The minimum absolute atomic E-state index is 0.0346. The zero-order chi connectivity index (χ0) is 15.0. The van der Waals surface area contributed by atoms with E-state index in [-0.39, 0.29) is 12.3 Å². The molecule has 0 aliphatic heterocycles. The molecular weight excluding hydrogens is 262 g/mol. The Kier molecular flexibility index (Phi) is 6.36. The van der Waals surface area contributed by atoms with Gasteiger partial charge in [0.2, 0.25) is 0 Å². The molecule has 0 heterocycles. The van der Waals surface area contributed by atoms with Gasteiger partial charge in [-0.05, 0) is 31.5 Å². The van der Waals surface area contributed by atoms with Crippen molar-refractivity contribution in [2.75, 3.05) is 20.3 Å². The van der Waals surface area contributed by atoms with Gasteiger partial charge in [-0.1, -0.05) is 0 Å². The molecule has 20 heavy (non-hydrogen) atoms. The van der Waals surface area contributed by atoms with E-state index < -0.39 is 5.97 Å². The number of amides is 1. The number of nitrogens with one attached hydrogen (secondary N) is 1. The molecule has 0 spiro atoms. The first kappa shape index (κ1) is 15.8. The molecule has 0 unspecified atom stereocenters. The van der Waals surface area contributed by atoms with Gasteiger partial charge < -0.3 is 19.9 Å². The summed E-state index contributed by atoms with van der Waals surface area (Å²) < 4.78 is 10.5. The average Bonchev–Trinajstić information content (AvgIpc) is 2.43. The molecule has 1 aromatic rings. The van der Waals surface area contributed by atoms with E-state index in [0.29, 0.717) is 36.6 Å². The Morgan fingerprint density at radius 3 is 2.65 bits per heavy atom. The van der Waals surface area contributed by atoms with Gasteiger partial charge in [-0.3, -0.25) is 9.59 Å². The summed E-state index contributed by atoms with van der Waals surface area (Å²) in [4.78, 5) is 22.2. The first-order valence-corrected chi connectivity index (χ1v) is 6.39. The van der Waals surface area contributed by atoms with Crippen molar-refractivity contribution in [1.29, 1.82) is 0 Å². The minimum Gasteiger partial charge on any atom is -0.493 e. The van der Waals surface area contributed by atoms with Gasteiger partial charge in [0.05, 0.1) is 13.7 Å². The Balaban J connectivity index is 2.61. The van der Waals surface area contributed by atoms with Gasteiger partial charge >= 0.3 is 5.97 Å². The number of ether oxygens (including phenoxy) is 2. The third kappa shape index (κ3) is 4.79. The molecule has 0 aliphatic carbocycles. The number of methoxy groups -OCH3 is 1. The summed E-state index contributed by atoms with van der Waals surface area (Å²) in [5.41, 5.74) is 0.445. The summed E-state index contributed by atoms with van der Waals surface area (Å²) in [5.74, 6) is -0.0683. The van der Waals surface area contributed by atoms with Crippen LogP contribution in [-0.2, 0) is 4.79 Å². The van der Waals surface area contributed by atoms with Crippen LogP contribution in [0.3, 0.4) is 0 Å². The van der Waals surface area contributed by atoms with Crippen molar-refractivity contribution in [3.63, 3.8) is 0 Å². The van der Waals surface area contributed by atoms with Gasteiger partial charge in [-0.15, -0.1) is 0 Å². The second kappa shape index (κ2) is 8.04. The van der Waals surface area contributed by atoms with Crippen molar-refractivity contribution >= 4 is 11.9 Å². The SMILES string of the molecule is CCOc1ccc(C(=O)NCCCC(=O)O)cc1OC. The third-order valence-electron chi connectivity index (χ3n) is 2.58. The lowest BCUT2D eigenvalue weighted by Gasteiger charge is -2.11. The van der Waals surface area contributed by atoms with Crippen LogP contribution in [0, 0.1) is 0 Å². The normalized spacial score (nSPS) is 9.90. The molecule has 6 nitrogen and oxygen atoms in total. The Morgan fingerprint density at radius 1 is 1.30 bits per heavy atom. The number of carbonyl (C=O) groups is 2. The highest BCUT2D eigenvalue weighted by Crippen LogP contribution is 2.27. The molecule has 1 amide bonds. The number of benzene rings is 1. The fraction of sp³-hybridized carbons (Fsp3) is 0.429. The van der Waals surface area contributed by atoms with Crippen LogP contribution in [0.2, 0.25) is 0 Å². The zero-order valence-corrected chi connectivity index (χ0v) is 11.6. The number of aliphatic carboxylic acids is 1. The van der Waals surface area contributed by atoms with Crippen molar-refractivity contribution in [3.05, 3.63) is 23.8 Å². The molecule has 0 aromatic heterocycles. The van der Waals surface area contributed by atoms with Crippen molar-refractivity contribution in [2.45, 2.75) is 19.8 Å². The Hall–Kier alpha value is -2.24. The van der Waals surface area contributed by atoms with Gasteiger partial charge in [0.25, 0.3) is 5.91 Å². The van der Waals surface area contributed by atoms with E-state index in [2.05, 4.69) is 5.32 Å². The quantitative estimate of drug-likeness (QED) is 0.708. The summed E-state index contributed by atoms with van der Waals surface area (Å²) in [6.45, 7) is 2.69. The highest BCUT2D eigenvalue weighted by molar-refractivity contribution is 5.94. The van der Waals surface area contributed by atoms with E-state index in [1.165, 1.54) is 7.11 Å². The number of carbonyl (C=O) groups excluding carboxylic acids is 1. The maximum Gasteiger partial charge on any atom is 0.303 e. The second-order valence-electron chi connectivity index (χ2n) is 4.05. The Morgan fingerprint density at radius 2 is 2.05 bits per heavy atom. The minimum atomic E-state index is -0.873. The lowest BCUT2D eigenvalue weighted by atomic mass is 10.2. The van der Waals surface area contributed by atoms with Crippen LogP contribution >= 0.6 is 0 Å². The van der Waals surface area contributed by atoms with E-state index >= 15 is 0 Å². The van der Waals surface area contributed by atoms with Gasteiger partial charge in [0.1, 0.15) is 0 Å². The predicted octanol–water partition coefficient (Wildman–Crippen LogP) is 1.69. The van der Waals surface area contributed by atoms with Crippen molar-refractivity contribution in [2.24, 2.45) is 0 Å². The van der Waals surface area contributed by atoms with E-state index in [0.717, 1.165) is 0 Å². The highest BCUT2D eigenvalue weighted by Gasteiger charge is 2.10. The molecule has 0 saturated carbocycles. The van der Waals surface area contributed by atoms with Gasteiger partial charge in [0.15, 0.2) is 11.5 Å². The van der Waals surface area contributed by atoms with Gasteiger partial charge in [-0.2, -0.15) is 0 Å². The molecule has 0 aliphatic rings. The standard InChI is InChI=1S/C14H19NO5/c1-3-20-11-7-6-10(9-12(11)19-2)14(18)15-8-4-5-13(16)17/h6-7,9H,3-5,8H2,1-2H3,(H,15,18)(H,16,17). The summed E-state index contributed by atoms with van der Waals surface area (Å²) in [7, 11) is 1.51. The highest BCUT2D eigenvalue weighted by atomic mass is 16.5. The molecule has 0 saturated heterocycles. The lowest BCUT2D eigenvalue weighted by molar-refractivity contribution is -0.137. The fourth-order valence-corrected chi connectivity index (χ4v) is 1.63. The number of carboxylic acid groups (broad SMARTS) is 1. The van der Waals surface area contributed by atoms with Crippen molar-refractivity contribution in [1.82, 2.24) is 5.32 Å². The largest absolute Gasteiger partial charge is 0.493 e. The predicted molar refractivity (Wildman–Crippen MR) is 73.4 cm³/mol. The Bertz CT molecular complexity index is 473. The number of carboxylic acids is 1. The van der Waals surface area contributed by atoms with Crippen LogP contribution in [-0.4, -0.2) is 37.2 Å².